The summed E-state index contributed by atoms with van der Waals surface area (Å²) < 4.78 is 17.7. The summed E-state index contributed by atoms with van der Waals surface area (Å²) >= 11 is 1.68. The molecule has 3 aromatic carbocycles. The average molecular weight is 481 g/mol. The van der Waals surface area contributed by atoms with Crippen LogP contribution in [-0.2, 0) is 22.4 Å². The second-order valence-electron chi connectivity index (χ2n) is 7.95. The lowest BCUT2D eigenvalue weighted by molar-refractivity contribution is -0.136. The molecule has 0 bridgehead atoms. The molecule has 1 atom stereocenters. The molecule has 0 saturated carbocycles. The third-order valence-corrected chi connectivity index (χ3v) is 6.50. The van der Waals surface area contributed by atoms with Crippen molar-refractivity contribution in [3.8, 4) is 11.5 Å². The van der Waals surface area contributed by atoms with Crippen molar-refractivity contribution >= 4 is 17.7 Å². The SMILES string of the molecule is CCc1ccc(O[C@@H](CCOc2ccc(CCC(=O)O)c(C)c2)OC)c(Sc2ccccc2)c1. The maximum Gasteiger partial charge on any atom is 0.303 e. The van der Waals surface area contributed by atoms with Gasteiger partial charge in [-0.3, -0.25) is 4.79 Å². The molecule has 0 aliphatic carbocycles. The van der Waals surface area contributed by atoms with Crippen molar-refractivity contribution in [3.05, 3.63) is 83.4 Å². The van der Waals surface area contributed by atoms with Crippen LogP contribution in [0.5, 0.6) is 11.5 Å². The number of aliphatic carboxylic acids is 1. The predicted octanol–water partition coefficient (Wildman–Crippen LogP) is 6.55. The number of carboxylic acid groups (broad SMARTS) is 1. The first-order valence-corrected chi connectivity index (χ1v) is 12.3. The summed E-state index contributed by atoms with van der Waals surface area (Å²) in [5, 5.41) is 8.88. The summed E-state index contributed by atoms with van der Waals surface area (Å²) in [6.07, 6.45) is 1.71. The Kier molecular flexibility index (Phi) is 9.86. The van der Waals surface area contributed by atoms with E-state index in [2.05, 4.69) is 31.2 Å². The van der Waals surface area contributed by atoms with Crippen LogP contribution in [0, 0.1) is 6.92 Å². The van der Waals surface area contributed by atoms with Gasteiger partial charge in [0.1, 0.15) is 11.5 Å². The molecule has 6 heteroatoms. The number of carboxylic acids is 1. The van der Waals surface area contributed by atoms with Crippen LogP contribution in [0.25, 0.3) is 0 Å². The van der Waals surface area contributed by atoms with Gasteiger partial charge in [-0.2, -0.15) is 0 Å². The Bertz CT molecular complexity index is 1070. The fourth-order valence-corrected chi connectivity index (χ4v) is 4.46. The van der Waals surface area contributed by atoms with E-state index in [9.17, 15) is 4.79 Å². The quantitative estimate of drug-likeness (QED) is 0.280. The van der Waals surface area contributed by atoms with E-state index in [0.717, 1.165) is 38.8 Å². The molecule has 180 valence electrons. The molecule has 0 heterocycles. The number of ether oxygens (including phenoxy) is 3. The Labute approximate surface area is 206 Å². The number of hydrogen-bond acceptors (Lipinski definition) is 5. The highest BCUT2D eigenvalue weighted by Crippen LogP contribution is 2.36. The minimum Gasteiger partial charge on any atom is -0.493 e. The second kappa shape index (κ2) is 13.1. The number of rotatable bonds is 13. The molecule has 0 unspecified atom stereocenters. The van der Waals surface area contributed by atoms with Crippen LogP contribution >= 0.6 is 11.8 Å². The van der Waals surface area contributed by atoms with Gasteiger partial charge in [0.15, 0.2) is 0 Å². The molecule has 0 aliphatic rings. The minimum absolute atomic E-state index is 0.123. The van der Waals surface area contributed by atoms with Crippen LogP contribution in [0.2, 0.25) is 0 Å². The zero-order valence-electron chi connectivity index (χ0n) is 20.0. The van der Waals surface area contributed by atoms with Gasteiger partial charge in [0.05, 0.1) is 11.5 Å². The van der Waals surface area contributed by atoms with Crippen LogP contribution in [0.3, 0.4) is 0 Å². The van der Waals surface area contributed by atoms with Crippen molar-refractivity contribution < 1.29 is 24.1 Å². The number of benzene rings is 3. The highest BCUT2D eigenvalue weighted by molar-refractivity contribution is 7.99. The molecule has 3 rings (SSSR count). The van der Waals surface area contributed by atoms with Crippen LogP contribution in [0.15, 0.2) is 76.5 Å². The molecule has 0 spiro atoms. The van der Waals surface area contributed by atoms with E-state index in [0.29, 0.717) is 19.4 Å². The van der Waals surface area contributed by atoms with E-state index in [4.69, 9.17) is 19.3 Å². The first kappa shape index (κ1) is 25.7. The number of hydrogen-bond donors (Lipinski definition) is 1. The lowest BCUT2D eigenvalue weighted by Gasteiger charge is -2.20. The van der Waals surface area contributed by atoms with E-state index >= 15 is 0 Å². The fourth-order valence-electron chi connectivity index (χ4n) is 3.48. The van der Waals surface area contributed by atoms with Gasteiger partial charge >= 0.3 is 5.97 Å². The second-order valence-corrected chi connectivity index (χ2v) is 9.07. The number of aryl methyl sites for hydroxylation is 3. The maximum absolute atomic E-state index is 10.8. The smallest absolute Gasteiger partial charge is 0.303 e. The van der Waals surface area contributed by atoms with Crippen molar-refractivity contribution in [2.24, 2.45) is 0 Å². The molecule has 0 radical (unpaired) electrons. The van der Waals surface area contributed by atoms with E-state index in [-0.39, 0.29) is 6.42 Å². The standard InChI is InChI=1S/C28H32O5S/c1-4-21-10-14-25(26(19-21)34-24-8-6-5-7-9-24)33-28(31-3)16-17-32-23-13-11-22(20(2)18-23)12-15-27(29)30/h5-11,13-14,18-19,28H,4,12,15-17H2,1-3H3,(H,29,30)/t28-/m0/s1. The fraction of sp³-hybridized carbons (Fsp3) is 0.321. The first-order chi connectivity index (χ1) is 16.5. The lowest BCUT2D eigenvalue weighted by Crippen LogP contribution is -2.22. The Balaban J connectivity index is 1.60. The number of methoxy groups -OCH3 is 1. The molecule has 0 aliphatic heterocycles. The van der Waals surface area contributed by atoms with Crippen molar-refractivity contribution in [2.45, 2.75) is 55.6 Å². The third-order valence-electron chi connectivity index (χ3n) is 5.45. The molecule has 5 nitrogen and oxygen atoms in total. The molecular formula is C28H32O5S. The molecule has 34 heavy (non-hydrogen) atoms. The van der Waals surface area contributed by atoms with Gasteiger partial charge in [-0.25, -0.2) is 0 Å². The van der Waals surface area contributed by atoms with Gasteiger partial charge in [-0.15, -0.1) is 0 Å². The van der Waals surface area contributed by atoms with Gasteiger partial charge in [0, 0.05) is 24.8 Å². The molecule has 0 fully saturated rings. The van der Waals surface area contributed by atoms with Gasteiger partial charge in [-0.1, -0.05) is 49.0 Å². The van der Waals surface area contributed by atoms with E-state index < -0.39 is 12.3 Å². The highest BCUT2D eigenvalue weighted by Gasteiger charge is 2.14. The van der Waals surface area contributed by atoms with E-state index in [1.807, 2.05) is 49.4 Å². The zero-order chi connectivity index (χ0) is 24.3. The average Bonchev–Trinajstić information content (AvgIpc) is 2.84. The predicted molar refractivity (Wildman–Crippen MR) is 135 cm³/mol. The van der Waals surface area contributed by atoms with Crippen LogP contribution in [-0.4, -0.2) is 31.1 Å². The highest BCUT2D eigenvalue weighted by atomic mass is 32.2. The Hall–Kier alpha value is -2.96. The minimum atomic E-state index is -0.792. The number of carbonyl (C=O) groups is 1. The van der Waals surface area contributed by atoms with Gasteiger partial charge in [0.2, 0.25) is 6.29 Å². The van der Waals surface area contributed by atoms with Gasteiger partial charge in [-0.05, 0) is 72.9 Å². The summed E-state index contributed by atoms with van der Waals surface area (Å²) in [6.45, 7) is 4.54. The Morgan fingerprint density at radius 3 is 2.53 bits per heavy atom. The Morgan fingerprint density at radius 1 is 1.06 bits per heavy atom. The molecule has 0 aromatic heterocycles. The summed E-state index contributed by atoms with van der Waals surface area (Å²) in [5.41, 5.74) is 3.30. The zero-order valence-corrected chi connectivity index (χ0v) is 20.8. The monoisotopic (exact) mass is 480 g/mol. The topological polar surface area (TPSA) is 65.0 Å². The largest absolute Gasteiger partial charge is 0.493 e. The maximum atomic E-state index is 10.8. The van der Waals surface area contributed by atoms with Crippen LogP contribution < -0.4 is 9.47 Å². The summed E-state index contributed by atoms with van der Waals surface area (Å²) in [6, 6.07) is 22.3. The van der Waals surface area contributed by atoms with Gasteiger partial charge in [0.25, 0.3) is 0 Å². The molecular weight excluding hydrogens is 448 g/mol. The summed E-state index contributed by atoms with van der Waals surface area (Å²) in [7, 11) is 1.64. The van der Waals surface area contributed by atoms with Crippen LogP contribution in [0.4, 0.5) is 0 Å². The van der Waals surface area contributed by atoms with Crippen molar-refractivity contribution in [1.82, 2.24) is 0 Å². The third kappa shape index (κ3) is 7.82. The van der Waals surface area contributed by atoms with Crippen molar-refractivity contribution in [3.63, 3.8) is 0 Å². The molecule has 0 amide bonds. The normalized spacial score (nSPS) is 11.7. The van der Waals surface area contributed by atoms with Crippen LogP contribution in [0.1, 0.15) is 36.5 Å². The molecule has 1 N–H and O–H groups in total. The lowest BCUT2D eigenvalue weighted by atomic mass is 10.0. The van der Waals surface area contributed by atoms with E-state index in [1.165, 1.54) is 5.56 Å². The first-order valence-electron chi connectivity index (χ1n) is 11.5. The summed E-state index contributed by atoms with van der Waals surface area (Å²) in [4.78, 5) is 13.0. The summed E-state index contributed by atoms with van der Waals surface area (Å²) in [5.74, 6) is 0.746. The van der Waals surface area contributed by atoms with E-state index in [1.54, 1.807) is 18.9 Å². The molecule has 0 saturated heterocycles. The Morgan fingerprint density at radius 2 is 1.85 bits per heavy atom. The van der Waals surface area contributed by atoms with Gasteiger partial charge < -0.3 is 19.3 Å². The van der Waals surface area contributed by atoms with Crippen molar-refractivity contribution in [2.75, 3.05) is 13.7 Å². The van der Waals surface area contributed by atoms with Crippen molar-refractivity contribution in [1.29, 1.82) is 0 Å². The molecule has 3 aromatic rings.